The zero-order valence-electron chi connectivity index (χ0n) is 13.5. The minimum absolute atomic E-state index is 0.282. The van der Waals surface area contributed by atoms with Crippen LogP contribution in [0.1, 0.15) is 40.0 Å². The molecule has 112 valence electrons. The van der Waals surface area contributed by atoms with Crippen LogP contribution in [0.3, 0.4) is 0 Å². The predicted molar refractivity (Wildman–Crippen MR) is 81.3 cm³/mol. The molecule has 1 saturated carbocycles. The quantitative estimate of drug-likeness (QED) is 0.709. The molecule has 0 aromatic carbocycles. The van der Waals surface area contributed by atoms with Crippen LogP contribution >= 0.6 is 0 Å². The summed E-state index contributed by atoms with van der Waals surface area (Å²) in [4.78, 5) is 16.8. The zero-order chi connectivity index (χ0) is 14.4. The van der Waals surface area contributed by atoms with Crippen molar-refractivity contribution in [2.75, 3.05) is 40.3 Å². The maximum atomic E-state index is 12.1. The van der Waals surface area contributed by atoms with Gasteiger partial charge >= 0.3 is 0 Å². The van der Waals surface area contributed by atoms with E-state index in [-0.39, 0.29) is 5.92 Å². The van der Waals surface area contributed by atoms with Crippen molar-refractivity contribution in [3.8, 4) is 0 Å². The first-order valence-electron chi connectivity index (χ1n) is 7.78. The molecule has 2 atom stereocenters. The van der Waals surface area contributed by atoms with Crippen LogP contribution in [0, 0.1) is 17.8 Å². The summed E-state index contributed by atoms with van der Waals surface area (Å²) < 4.78 is 0. The molecule has 0 aliphatic heterocycles. The second kappa shape index (κ2) is 8.01. The largest absolute Gasteiger partial charge is 0.308 e. The van der Waals surface area contributed by atoms with Gasteiger partial charge in [-0.2, -0.15) is 0 Å². The molecule has 1 fully saturated rings. The summed E-state index contributed by atoms with van der Waals surface area (Å²) in [5.74, 6) is 2.16. The summed E-state index contributed by atoms with van der Waals surface area (Å²) in [6, 6.07) is 0. The van der Waals surface area contributed by atoms with Crippen LogP contribution in [0.5, 0.6) is 0 Å². The molecule has 3 heteroatoms. The molecule has 1 rings (SSSR count). The highest BCUT2D eigenvalue weighted by Gasteiger charge is 2.28. The van der Waals surface area contributed by atoms with Gasteiger partial charge in [-0.15, -0.1) is 0 Å². The molecule has 0 amide bonds. The van der Waals surface area contributed by atoms with Gasteiger partial charge in [0.05, 0.1) is 0 Å². The highest BCUT2D eigenvalue weighted by molar-refractivity contribution is 5.81. The first-order chi connectivity index (χ1) is 8.88. The zero-order valence-corrected chi connectivity index (χ0v) is 13.5. The van der Waals surface area contributed by atoms with Crippen LogP contribution in [0.2, 0.25) is 0 Å². The van der Waals surface area contributed by atoms with Crippen LogP contribution in [-0.2, 0) is 4.79 Å². The summed E-state index contributed by atoms with van der Waals surface area (Å²) in [6.07, 6.45) is 2.99. The topological polar surface area (TPSA) is 23.6 Å². The third kappa shape index (κ3) is 6.53. The number of likely N-dealkylation sites (N-methyl/N-ethyl adjacent to an activating group) is 1. The van der Waals surface area contributed by atoms with Crippen molar-refractivity contribution in [3.63, 3.8) is 0 Å². The van der Waals surface area contributed by atoms with Gasteiger partial charge in [-0.25, -0.2) is 0 Å². The van der Waals surface area contributed by atoms with Gasteiger partial charge in [-0.1, -0.05) is 20.8 Å². The average molecular weight is 268 g/mol. The Morgan fingerprint density at radius 3 is 2.53 bits per heavy atom. The smallest absolute Gasteiger partial charge is 0.137 e. The van der Waals surface area contributed by atoms with E-state index in [0.29, 0.717) is 11.7 Å². The number of carbonyl (C=O) groups excluding carboxylic acids is 1. The SMILES string of the molecule is CC(C)CN(CCN(C)C)CC1CC(C)CCC1=O. The molecule has 0 saturated heterocycles. The molecular weight excluding hydrogens is 236 g/mol. The van der Waals surface area contributed by atoms with Gasteiger partial charge in [0.25, 0.3) is 0 Å². The molecule has 0 bridgehead atoms. The standard InChI is InChI=1S/C16H32N2O/c1-13(2)11-18(9-8-17(4)5)12-15-10-14(3)6-7-16(15)19/h13-15H,6-12H2,1-5H3. The minimum Gasteiger partial charge on any atom is -0.308 e. The number of hydrogen-bond donors (Lipinski definition) is 0. The molecule has 19 heavy (non-hydrogen) atoms. The van der Waals surface area contributed by atoms with E-state index in [0.717, 1.165) is 51.4 Å². The molecule has 0 aromatic heterocycles. The molecule has 3 nitrogen and oxygen atoms in total. The fraction of sp³-hybridized carbons (Fsp3) is 0.938. The predicted octanol–water partition coefficient (Wildman–Crippen LogP) is 2.51. The summed E-state index contributed by atoms with van der Waals surface area (Å²) >= 11 is 0. The van der Waals surface area contributed by atoms with Gasteiger partial charge < -0.3 is 9.80 Å². The number of nitrogens with zero attached hydrogens (tertiary/aromatic N) is 2. The highest BCUT2D eigenvalue weighted by atomic mass is 16.1. The van der Waals surface area contributed by atoms with Crippen molar-refractivity contribution in [3.05, 3.63) is 0 Å². The lowest BCUT2D eigenvalue weighted by Gasteiger charge is -2.32. The Balaban J connectivity index is 2.51. The molecule has 2 unspecified atom stereocenters. The van der Waals surface area contributed by atoms with Crippen molar-refractivity contribution in [1.29, 1.82) is 0 Å². The summed E-state index contributed by atoms with van der Waals surface area (Å²) in [5.41, 5.74) is 0. The summed E-state index contributed by atoms with van der Waals surface area (Å²) in [7, 11) is 4.22. The third-order valence-corrected chi connectivity index (χ3v) is 3.99. The van der Waals surface area contributed by atoms with E-state index < -0.39 is 0 Å². The van der Waals surface area contributed by atoms with E-state index in [1.54, 1.807) is 0 Å². The van der Waals surface area contributed by atoms with E-state index in [9.17, 15) is 4.79 Å². The molecule has 1 aliphatic carbocycles. The van der Waals surface area contributed by atoms with Gasteiger partial charge in [-0.05, 0) is 38.8 Å². The van der Waals surface area contributed by atoms with E-state index in [1.165, 1.54) is 0 Å². The van der Waals surface area contributed by atoms with Gasteiger partial charge in [0.2, 0.25) is 0 Å². The van der Waals surface area contributed by atoms with Crippen molar-refractivity contribution < 1.29 is 4.79 Å². The Bertz CT molecular complexity index is 276. The number of ketones is 1. The first kappa shape index (κ1) is 16.6. The van der Waals surface area contributed by atoms with Crippen LogP contribution in [0.15, 0.2) is 0 Å². The first-order valence-corrected chi connectivity index (χ1v) is 7.78. The maximum absolute atomic E-state index is 12.1. The number of carbonyl (C=O) groups is 1. The highest BCUT2D eigenvalue weighted by Crippen LogP contribution is 2.26. The fourth-order valence-electron chi connectivity index (χ4n) is 2.93. The van der Waals surface area contributed by atoms with Crippen LogP contribution < -0.4 is 0 Å². The lowest BCUT2D eigenvalue weighted by molar-refractivity contribution is -0.126. The third-order valence-electron chi connectivity index (χ3n) is 3.99. The Kier molecular flexibility index (Phi) is 7.01. The number of Topliss-reactive ketones (excluding diaryl/α,β-unsaturated/α-hetero) is 1. The van der Waals surface area contributed by atoms with Crippen molar-refractivity contribution in [2.45, 2.75) is 40.0 Å². The molecule has 0 aromatic rings. The average Bonchev–Trinajstić information content (AvgIpc) is 2.30. The van der Waals surface area contributed by atoms with Crippen molar-refractivity contribution >= 4 is 5.78 Å². The lowest BCUT2D eigenvalue weighted by atomic mass is 9.81. The van der Waals surface area contributed by atoms with Crippen LogP contribution in [0.25, 0.3) is 0 Å². The number of hydrogen-bond acceptors (Lipinski definition) is 3. The Hall–Kier alpha value is -0.410. The van der Waals surface area contributed by atoms with Crippen LogP contribution in [0.4, 0.5) is 0 Å². The molecule has 0 spiro atoms. The summed E-state index contributed by atoms with van der Waals surface area (Å²) in [5, 5.41) is 0. The second-order valence-electron chi connectivity index (χ2n) is 7.00. The van der Waals surface area contributed by atoms with E-state index in [2.05, 4.69) is 44.7 Å². The van der Waals surface area contributed by atoms with Crippen LogP contribution in [-0.4, -0.2) is 55.9 Å². The molecule has 1 aliphatic rings. The normalized spacial score (nSPS) is 24.7. The maximum Gasteiger partial charge on any atom is 0.137 e. The van der Waals surface area contributed by atoms with Gasteiger partial charge in [0, 0.05) is 38.5 Å². The Morgan fingerprint density at radius 1 is 1.26 bits per heavy atom. The van der Waals surface area contributed by atoms with Gasteiger partial charge in [-0.3, -0.25) is 4.79 Å². The lowest BCUT2D eigenvalue weighted by Crippen LogP contribution is -2.41. The van der Waals surface area contributed by atoms with E-state index in [1.807, 2.05) is 0 Å². The van der Waals surface area contributed by atoms with Crippen molar-refractivity contribution in [2.24, 2.45) is 17.8 Å². The second-order valence-corrected chi connectivity index (χ2v) is 7.00. The Morgan fingerprint density at radius 2 is 1.95 bits per heavy atom. The Labute approximate surface area is 119 Å². The van der Waals surface area contributed by atoms with Gasteiger partial charge in [0.15, 0.2) is 0 Å². The molecule has 0 N–H and O–H groups in total. The van der Waals surface area contributed by atoms with Gasteiger partial charge in [0.1, 0.15) is 5.78 Å². The monoisotopic (exact) mass is 268 g/mol. The van der Waals surface area contributed by atoms with Crippen molar-refractivity contribution in [1.82, 2.24) is 9.80 Å². The fourth-order valence-corrected chi connectivity index (χ4v) is 2.93. The van der Waals surface area contributed by atoms with E-state index in [4.69, 9.17) is 0 Å². The number of rotatable bonds is 7. The van der Waals surface area contributed by atoms with E-state index >= 15 is 0 Å². The molecule has 0 heterocycles. The summed E-state index contributed by atoms with van der Waals surface area (Å²) in [6.45, 7) is 11.0. The molecular formula is C16H32N2O. The molecule has 0 radical (unpaired) electrons. The minimum atomic E-state index is 0.282.